The fourth-order valence-electron chi connectivity index (χ4n) is 3.87. The highest BCUT2D eigenvalue weighted by Gasteiger charge is 2.30. The average Bonchev–Trinajstić information content (AvgIpc) is 3.28. The molecule has 1 aromatic carbocycles. The van der Waals surface area contributed by atoms with E-state index >= 15 is 0 Å². The van der Waals surface area contributed by atoms with Crippen LogP contribution in [0.5, 0.6) is 0 Å². The number of nitrogens with zero attached hydrogens (tertiary/aromatic N) is 3. The third kappa shape index (κ3) is 3.71. The number of carbonyl (C=O) groups is 3. The molecule has 0 radical (unpaired) electrons. The first-order valence-corrected chi connectivity index (χ1v) is 10.5. The van der Waals surface area contributed by atoms with Gasteiger partial charge in [0.05, 0.1) is 5.69 Å². The number of benzene rings is 1. The van der Waals surface area contributed by atoms with Crippen molar-refractivity contribution in [2.24, 2.45) is 0 Å². The predicted molar refractivity (Wildman–Crippen MR) is 107 cm³/mol. The highest BCUT2D eigenvalue weighted by Crippen LogP contribution is 2.37. The van der Waals surface area contributed by atoms with Gasteiger partial charge in [-0.05, 0) is 30.7 Å². The number of carbonyl (C=O) groups excluding carboxylic acids is 3. The smallest absolute Gasteiger partial charge is 0.230 e. The van der Waals surface area contributed by atoms with Gasteiger partial charge in [0.15, 0.2) is 5.13 Å². The molecule has 146 valence electrons. The number of likely N-dealkylation sites (tertiary alicyclic amines) is 1. The first-order valence-electron chi connectivity index (χ1n) is 9.66. The predicted octanol–water partition coefficient (Wildman–Crippen LogP) is 2.92. The summed E-state index contributed by atoms with van der Waals surface area (Å²) in [6, 6.07) is 10.5. The molecule has 0 saturated carbocycles. The summed E-state index contributed by atoms with van der Waals surface area (Å²) in [6.45, 7) is 0.155. The Morgan fingerprint density at radius 2 is 1.89 bits per heavy atom. The Bertz CT molecular complexity index is 893. The minimum Gasteiger partial charge on any atom is -0.291 e. The summed E-state index contributed by atoms with van der Waals surface area (Å²) < 4.78 is 0. The van der Waals surface area contributed by atoms with Gasteiger partial charge in [0.2, 0.25) is 17.7 Å². The van der Waals surface area contributed by atoms with Crippen molar-refractivity contribution in [2.45, 2.75) is 44.4 Å². The molecule has 1 fully saturated rings. The maximum atomic E-state index is 12.6. The molecule has 7 heteroatoms. The van der Waals surface area contributed by atoms with Crippen LogP contribution >= 0.6 is 11.3 Å². The van der Waals surface area contributed by atoms with Crippen LogP contribution in [0.4, 0.5) is 5.13 Å². The summed E-state index contributed by atoms with van der Waals surface area (Å²) in [5, 5.41) is 0.697. The van der Waals surface area contributed by atoms with Crippen molar-refractivity contribution in [1.82, 2.24) is 9.88 Å². The van der Waals surface area contributed by atoms with Crippen LogP contribution in [0.2, 0.25) is 0 Å². The molecule has 6 nitrogen and oxygen atoms in total. The van der Waals surface area contributed by atoms with Crippen molar-refractivity contribution in [2.75, 3.05) is 18.5 Å². The van der Waals surface area contributed by atoms with Crippen molar-refractivity contribution in [3.05, 3.63) is 46.5 Å². The van der Waals surface area contributed by atoms with E-state index in [4.69, 9.17) is 0 Å². The Morgan fingerprint density at radius 3 is 2.61 bits per heavy atom. The lowest BCUT2D eigenvalue weighted by molar-refractivity contribution is -0.138. The topological polar surface area (TPSA) is 70.6 Å². The number of rotatable bonds is 5. The molecule has 1 aromatic heterocycles. The molecule has 0 N–H and O–H groups in total. The van der Waals surface area contributed by atoms with E-state index in [1.54, 1.807) is 23.3 Å². The van der Waals surface area contributed by atoms with Crippen LogP contribution in [0.1, 0.15) is 47.7 Å². The van der Waals surface area contributed by atoms with Gasteiger partial charge in [-0.3, -0.25) is 24.2 Å². The van der Waals surface area contributed by atoms with Crippen LogP contribution in [0.25, 0.3) is 0 Å². The maximum Gasteiger partial charge on any atom is 0.230 e. The van der Waals surface area contributed by atoms with Crippen LogP contribution < -0.4 is 4.90 Å². The Morgan fingerprint density at radius 1 is 1.18 bits per heavy atom. The third-order valence-electron chi connectivity index (χ3n) is 5.56. The van der Waals surface area contributed by atoms with Gasteiger partial charge < -0.3 is 0 Å². The number of aryl methyl sites for hydroxylation is 1. The van der Waals surface area contributed by atoms with Crippen LogP contribution in [-0.4, -0.2) is 41.2 Å². The molecule has 2 aliphatic rings. The minimum atomic E-state index is -0.183. The molecule has 1 aliphatic heterocycles. The number of imide groups is 1. The van der Waals surface area contributed by atoms with Gasteiger partial charge in [-0.1, -0.05) is 30.3 Å². The number of aromatic nitrogens is 1. The van der Waals surface area contributed by atoms with Crippen molar-refractivity contribution < 1.29 is 14.4 Å². The maximum absolute atomic E-state index is 12.6. The highest BCUT2D eigenvalue weighted by atomic mass is 32.1. The van der Waals surface area contributed by atoms with Gasteiger partial charge in [-0.2, -0.15) is 0 Å². The Kier molecular flexibility index (Phi) is 5.26. The minimum absolute atomic E-state index is 0.127. The van der Waals surface area contributed by atoms with E-state index in [1.807, 2.05) is 6.07 Å². The van der Waals surface area contributed by atoms with Gasteiger partial charge in [-0.15, -0.1) is 11.3 Å². The second-order valence-electron chi connectivity index (χ2n) is 7.36. The second-order valence-corrected chi connectivity index (χ2v) is 8.42. The van der Waals surface area contributed by atoms with E-state index in [2.05, 4.69) is 29.2 Å². The summed E-state index contributed by atoms with van der Waals surface area (Å²) in [7, 11) is 1.72. The summed E-state index contributed by atoms with van der Waals surface area (Å²) in [4.78, 5) is 44.6. The largest absolute Gasteiger partial charge is 0.291 e. The molecule has 2 aromatic rings. The number of anilines is 1. The number of thiazole rings is 1. The van der Waals surface area contributed by atoms with Gasteiger partial charge in [0.1, 0.15) is 0 Å². The molecule has 3 amide bonds. The molecule has 1 atom stereocenters. The van der Waals surface area contributed by atoms with Gasteiger partial charge in [-0.25, -0.2) is 4.98 Å². The molecule has 2 heterocycles. The first kappa shape index (κ1) is 18.8. The lowest BCUT2D eigenvalue weighted by Gasteiger charge is -2.21. The van der Waals surface area contributed by atoms with E-state index in [0.29, 0.717) is 11.0 Å². The summed E-state index contributed by atoms with van der Waals surface area (Å²) >= 11 is 1.58. The van der Waals surface area contributed by atoms with E-state index in [9.17, 15) is 14.4 Å². The molecular weight excluding hydrogens is 374 g/mol. The molecule has 0 spiro atoms. The molecule has 0 unspecified atom stereocenters. The zero-order chi connectivity index (χ0) is 19.7. The fourth-order valence-corrected chi connectivity index (χ4v) is 5.03. The summed E-state index contributed by atoms with van der Waals surface area (Å²) in [6.07, 6.45) is 3.58. The van der Waals surface area contributed by atoms with Crippen molar-refractivity contribution >= 4 is 34.2 Å². The van der Waals surface area contributed by atoms with Crippen LogP contribution in [0.15, 0.2) is 30.3 Å². The number of fused-ring (bicyclic) bond motifs is 1. The Balaban J connectivity index is 1.40. The normalized spacial score (nSPS) is 19.0. The van der Waals surface area contributed by atoms with Crippen LogP contribution in [-0.2, 0) is 27.2 Å². The molecular formula is C21H23N3O3S. The lowest BCUT2D eigenvalue weighted by Crippen LogP contribution is -2.35. The number of hydrogen-bond acceptors (Lipinski definition) is 5. The zero-order valence-corrected chi connectivity index (χ0v) is 16.7. The average molecular weight is 398 g/mol. The van der Waals surface area contributed by atoms with Crippen LogP contribution in [0, 0.1) is 0 Å². The summed E-state index contributed by atoms with van der Waals surface area (Å²) in [5.41, 5.74) is 2.45. The van der Waals surface area contributed by atoms with Crippen LogP contribution in [0.3, 0.4) is 0 Å². The second kappa shape index (κ2) is 7.83. The fraction of sp³-hybridized carbons (Fsp3) is 0.429. The third-order valence-corrected chi connectivity index (χ3v) is 6.76. The quantitative estimate of drug-likeness (QED) is 0.728. The van der Waals surface area contributed by atoms with Crippen molar-refractivity contribution in [3.8, 4) is 0 Å². The standard InChI is InChI=1S/C21H23N3O3S/c1-23(18(25)11-12-24-19(26)9-10-20(24)27)21-22-16-8-7-15(13-17(16)28-21)14-5-3-2-4-6-14/h2-6,15H,7-13H2,1H3/t15-/m0/s1. The van der Waals surface area contributed by atoms with Gasteiger partial charge >= 0.3 is 0 Å². The summed E-state index contributed by atoms with van der Waals surface area (Å²) in [5.74, 6) is 0.00245. The molecule has 4 rings (SSSR count). The van der Waals surface area contributed by atoms with Crippen molar-refractivity contribution in [3.63, 3.8) is 0 Å². The number of amides is 3. The molecule has 28 heavy (non-hydrogen) atoms. The first-order chi connectivity index (χ1) is 13.5. The van der Waals surface area contributed by atoms with E-state index in [1.165, 1.54) is 15.3 Å². The zero-order valence-electron chi connectivity index (χ0n) is 15.9. The van der Waals surface area contributed by atoms with E-state index < -0.39 is 0 Å². The molecule has 1 aliphatic carbocycles. The number of hydrogen-bond donors (Lipinski definition) is 0. The molecule has 0 bridgehead atoms. The molecule has 1 saturated heterocycles. The highest BCUT2D eigenvalue weighted by molar-refractivity contribution is 7.15. The van der Waals surface area contributed by atoms with E-state index in [-0.39, 0.29) is 43.5 Å². The van der Waals surface area contributed by atoms with E-state index in [0.717, 1.165) is 25.0 Å². The Labute approximate surface area is 168 Å². The van der Waals surface area contributed by atoms with Gasteiger partial charge in [0.25, 0.3) is 0 Å². The lowest BCUT2D eigenvalue weighted by atomic mass is 9.85. The Hall–Kier alpha value is -2.54. The van der Waals surface area contributed by atoms with Crippen molar-refractivity contribution in [1.29, 1.82) is 0 Å². The monoisotopic (exact) mass is 397 g/mol. The SMILES string of the molecule is CN(C(=O)CCN1C(=O)CCC1=O)c1nc2c(s1)C[C@@H](c1ccccc1)CC2. The van der Waals surface area contributed by atoms with Gasteiger partial charge in [0, 0.05) is 37.7 Å².